The number of pyridine rings is 8. The van der Waals surface area contributed by atoms with E-state index in [1.165, 1.54) is 17.7 Å². The zero-order chi connectivity index (χ0) is 79.5. The van der Waals surface area contributed by atoms with Crippen LogP contribution in [0, 0.1) is 55.0 Å². The number of anilines is 4. The molecule has 0 fully saturated rings. The molecule has 0 saturated carbocycles. The number of rotatable bonds is 4. The smallest absolute Gasteiger partial charge is 0.398 e. The van der Waals surface area contributed by atoms with Crippen molar-refractivity contribution in [3.63, 3.8) is 0 Å². The fourth-order valence-electron chi connectivity index (χ4n) is 12.6. The molecule has 16 rings (SSSR count). The molecular weight excluding hydrogens is 1140 g/mol. The maximum absolute atomic E-state index is 7.73. The number of aromatic nitrogens is 8. The van der Waals surface area contributed by atoms with E-state index >= 15 is 0 Å². The third-order valence-corrected chi connectivity index (χ3v) is 17.4. The van der Waals surface area contributed by atoms with Crippen LogP contribution in [0.2, 0.25) is 0 Å². The normalized spacial score (nSPS) is 17.5. The summed E-state index contributed by atoms with van der Waals surface area (Å²) in [6.45, 7) is -9.78. The molecule has 16 nitrogen and oxygen atoms in total. The minimum absolute atomic E-state index is 0.00782. The van der Waals surface area contributed by atoms with Gasteiger partial charge >= 0.3 is 27.4 Å². The van der Waals surface area contributed by atoms with E-state index in [4.69, 9.17) is 42.3 Å². The lowest BCUT2D eigenvalue weighted by molar-refractivity contribution is -0.654. The van der Waals surface area contributed by atoms with E-state index in [0.717, 1.165) is 66.5 Å². The molecule has 0 spiro atoms. The number of hydrogen-bond acceptors (Lipinski definition) is 12. The highest BCUT2D eigenvalue weighted by Gasteiger charge is 2.39. The summed E-state index contributed by atoms with van der Waals surface area (Å²) in [4.78, 5) is 25.0. The maximum atomic E-state index is 7.73. The van der Waals surface area contributed by atoms with Crippen LogP contribution in [0.25, 0.3) is 68.7 Å². The lowest BCUT2D eigenvalue weighted by Gasteiger charge is -2.26. The lowest BCUT2D eigenvalue weighted by Crippen LogP contribution is -2.60. The van der Waals surface area contributed by atoms with Crippen LogP contribution < -0.4 is 59.9 Å². The molecule has 0 bridgehead atoms. The van der Waals surface area contributed by atoms with Crippen LogP contribution in [-0.4, -0.2) is 75.5 Å². The van der Waals surface area contributed by atoms with Crippen LogP contribution in [0.15, 0.2) is 163 Å². The molecule has 0 unspecified atom stereocenters. The van der Waals surface area contributed by atoms with Crippen molar-refractivity contribution in [1.29, 1.82) is 0 Å². The van der Waals surface area contributed by atoms with Gasteiger partial charge in [-0.1, -0.05) is 36.0 Å². The number of hydrogen-bond donors (Lipinski definition) is 0. The molecule has 4 aliphatic heterocycles. The van der Waals surface area contributed by atoms with Gasteiger partial charge in [0.05, 0.1) is 33.2 Å². The summed E-state index contributed by atoms with van der Waals surface area (Å²) in [7, 11) is 15.5. The van der Waals surface area contributed by atoms with E-state index in [-0.39, 0.29) is 67.2 Å². The van der Waals surface area contributed by atoms with Gasteiger partial charge < -0.3 is 36.9 Å². The fourth-order valence-corrected chi connectivity index (χ4v) is 12.6. The van der Waals surface area contributed by atoms with E-state index < -0.39 is 41.1 Å². The Balaban J connectivity index is 0.000000129. The van der Waals surface area contributed by atoms with Crippen molar-refractivity contribution in [1.82, 2.24) is 19.9 Å². The molecule has 0 aliphatic carbocycles. The average molecular weight is 1230 g/mol. The Kier molecular flexibility index (Phi) is 11.2. The van der Waals surface area contributed by atoms with E-state index in [9.17, 15) is 0 Å². The predicted molar refractivity (Wildman–Crippen MR) is 376 cm³/mol. The molecule has 0 atom stereocenters. The van der Waals surface area contributed by atoms with Gasteiger partial charge in [0.2, 0.25) is 22.9 Å². The summed E-state index contributed by atoms with van der Waals surface area (Å²) in [6.07, 6.45) is 15.0. The SMILES string of the molecule is [2H]C([2H])([2H])c1ccc(B2C=Cc3oc4nc(C([2H])([2H])[2H])ccc4c3N2C)[n+](C)c1.[2H]C([2H])([2H])c1ccc2c3c(oc2n1)C=CB(c1cc(C)c(C([2H])([2H])[2H])c[n+]1C)N3C.[2H]C([2H])([2H])c1ccc2c3c(oc2n1)C=CB(c1cc(C)cc[n+]1C)N3C.[2H]C([2H])([2H])c1ccc2c3c(oc2n1)N(C)B(c1cccc[n+]1C)C=C3. The van der Waals surface area contributed by atoms with Crippen LogP contribution in [0.1, 0.15) is 92.5 Å². The van der Waals surface area contributed by atoms with Gasteiger partial charge in [-0.2, -0.15) is 0 Å². The van der Waals surface area contributed by atoms with E-state index in [1.54, 1.807) is 61.8 Å². The fraction of sp³-hybridized carbons (Fsp3) is 0.222. The van der Waals surface area contributed by atoms with Crippen molar-refractivity contribution in [2.45, 2.75) is 55.0 Å². The van der Waals surface area contributed by atoms with Gasteiger partial charge in [0, 0.05) is 93.8 Å². The molecule has 456 valence electrons. The third kappa shape index (κ3) is 11.1. The quantitative estimate of drug-likeness (QED) is 0.123. The summed E-state index contributed by atoms with van der Waals surface area (Å²) in [5.74, 6) is 10.7. The molecule has 0 N–H and O–H groups in total. The predicted octanol–water partition coefficient (Wildman–Crippen LogP) is 8.68. The standard InChI is InChI=1S/C19H21BN3O.2C18H19BN3O.C17H17BN3O/c1-12-10-17(22(4)11-13(12)2)20-9-8-16-18(23(20)5)15-7-6-14(3)21-19(15)24-16;1-12-5-8-16(21(3)11-12)19-10-9-15-17(22(19)4)14-7-6-13(2)20-18(14)23-15;1-12-8-10-21(3)16(11-12)19-9-7-15-17(22(19)4)14-6-5-13(2)20-18(14)23-15;1-12-7-8-13-14-9-10-18(15-6-4-5-11-20(15)2)21(3)17(14)22-16(13)19-12/h6-11H,1-5H3;2*5-11H,1-4H3;4-11H,1-3H3/q4*+1/i2D3,3D3;1D3,2D3;2D3;1D3. The van der Waals surface area contributed by atoms with Crippen LogP contribution >= 0.6 is 0 Å². The van der Waals surface area contributed by atoms with Gasteiger partial charge in [0.25, 0.3) is 0 Å². The highest BCUT2D eigenvalue weighted by molar-refractivity contribution is 6.82. The summed E-state index contributed by atoms with van der Waals surface area (Å²) in [6, 6.07) is 28.7. The molecule has 16 heterocycles. The van der Waals surface area contributed by atoms with Crippen LogP contribution in [0.5, 0.6) is 0 Å². The number of fused-ring (bicyclic) bond motifs is 12. The summed E-state index contributed by atoms with van der Waals surface area (Å²) in [5.41, 5.74) is 11.5. The second kappa shape index (κ2) is 24.2. The van der Waals surface area contributed by atoms with E-state index in [0.29, 0.717) is 45.7 Å². The lowest BCUT2D eigenvalue weighted by atomic mass is 9.55. The van der Waals surface area contributed by atoms with Gasteiger partial charge in [-0.3, -0.25) is 0 Å². The molecular formula is C72H76B4N12O4+4. The number of furan rings is 4. The van der Waals surface area contributed by atoms with Crippen molar-refractivity contribution in [2.24, 2.45) is 28.2 Å². The molecule has 92 heavy (non-hydrogen) atoms. The molecule has 0 saturated heterocycles. The van der Waals surface area contributed by atoms with Crippen molar-refractivity contribution >= 4 is 141 Å². The van der Waals surface area contributed by atoms with Gasteiger partial charge in [-0.05, 0) is 179 Å². The molecule has 0 amide bonds. The Labute approximate surface area is 564 Å². The van der Waals surface area contributed by atoms with Crippen molar-refractivity contribution < 1.29 is 60.6 Å². The first-order chi connectivity index (χ1) is 51.5. The minimum atomic E-state index is -2.30. The Bertz CT molecular complexity index is 5740. The zero-order valence-corrected chi connectivity index (χ0v) is 52.5. The van der Waals surface area contributed by atoms with Crippen molar-refractivity contribution in [3.8, 4) is 0 Å². The van der Waals surface area contributed by atoms with Crippen molar-refractivity contribution in [3.05, 3.63) is 214 Å². The third-order valence-electron chi connectivity index (χ3n) is 17.4. The maximum Gasteiger partial charge on any atom is 0.398 e. The number of aryl methyl sites for hydroxylation is 12. The van der Waals surface area contributed by atoms with E-state index in [1.807, 2.05) is 147 Å². The van der Waals surface area contributed by atoms with Crippen LogP contribution in [0.3, 0.4) is 0 Å². The zero-order valence-electron chi connectivity index (χ0n) is 70.5. The Hall–Kier alpha value is -10.2. The first-order valence-corrected chi connectivity index (χ1v) is 29.8. The van der Waals surface area contributed by atoms with Gasteiger partial charge in [0.1, 0.15) is 28.2 Å². The highest BCUT2D eigenvalue weighted by Crippen LogP contribution is 2.40. The number of nitrogens with zero attached hydrogens (tertiary/aromatic N) is 12. The topological polar surface area (TPSA) is 133 Å². The summed E-state index contributed by atoms with van der Waals surface area (Å²) in [5, 5.41) is 3.10. The second-order valence-corrected chi connectivity index (χ2v) is 23.5. The van der Waals surface area contributed by atoms with Crippen LogP contribution in [-0.2, 0) is 28.2 Å². The molecule has 4 aliphatic rings. The Morgan fingerprint density at radius 2 is 0.848 bits per heavy atom. The average Bonchev–Trinajstić information content (AvgIpc) is 1.60. The first-order valence-electron chi connectivity index (χ1n) is 38.8. The molecule has 0 aromatic carbocycles. The molecule has 20 heteroatoms. The van der Waals surface area contributed by atoms with Crippen LogP contribution in [0.4, 0.5) is 22.9 Å². The molecule has 0 radical (unpaired) electrons. The summed E-state index contributed by atoms with van der Waals surface area (Å²) < 4.78 is 168. The monoisotopic (exact) mass is 1230 g/mol. The second-order valence-electron chi connectivity index (χ2n) is 23.5. The van der Waals surface area contributed by atoms with Gasteiger partial charge in [0.15, 0.2) is 70.3 Å². The van der Waals surface area contributed by atoms with Gasteiger partial charge in [-0.15, -0.1) is 0 Å². The van der Waals surface area contributed by atoms with E-state index in [2.05, 4.69) is 77.2 Å². The Morgan fingerprint density at radius 1 is 0.391 bits per heavy atom. The largest absolute Gasteiger partial charge is 0.436 e. The van der Waals surface area contributed by atoms with Gasteiger partial charge in [-0.25, -0.2) is 38.2 Å². The summed E-state index contributed by atoms with van der Waals surface area (Å²) >= 11 is 0. The highest BCUT2D eigenvalue weighted by atomic mass is 16.4. The molecule has 12 aromatic rings. The molecule has 12 aromatic heterocycles. The van der Waals surface area contributed by atoms with Crippen molar-refractivity contribution in [2.75, 3.05) is 47.4 Å². The minimum Gasteiger partial charge on any atom is -0.436 e. The Morgan fingerprint density at radius 3 is 1.35 bits per heavy atom. The first kappa shape index (κ1) is 42.7.